The Morgan fingerprint density at radius 2 is 2.08 bits per heavy atom. The van der Waals surface area contributed by atoms with Crippen molar-refractivity contribution in [3.63, 3.8) is 0 Å². The van der Waals surface area contributed by atoms with Crippen LogP contribution < -0.4 is 0 Å². The zero-order valence-corrected chi connectivity index (χ0v) is 13.9. The van der Waals surface area contributed by atoms with E-state index >= 15 is 0 Å². The third-order valence-electron chi connectivity index (χ3n) is 4.54. The van der Waals surface area contributed by atoms with Crippen molar-refractivity contribution in [1.82, 2.24) is 4.90 Å². The van der Waals surface area contributed by atoms with Crippen molar-refractivity contribution < 1.29 is 22.7 Å². The molecule has 6 heteroatoms. The predicted molar refractivity (Wildman–Crippen MR) is 85.6 cm³/mol. The summed E-state index contributed by atoms with van der Waals surface area (Å²) in [7, 11) is 1.56. The predicted octanol–water partition coefficient (Wildman–Crippen LogP) is 3.91. The summed E-state index contributed by atoms with van der Waals surface area (Å²) in [4.78, 5) is 13.9. The number of likely N-dealkylation sites (tertiary alicyclic amines) is 1. The molecule has 0 N–H and O–H groups in total. The second-order valence-electron chi connectivity index (χ2n) is 6.28. The highest BCUT2D eigenvalue weighted by molar-refractivity contribution is 5.76. The van der Waals surface area contributed by atoms with Crippen molar-refractivity contribution >= 4 is 5.91 Å². The van der Waals surface area contributed by atoms with E-state index in [1.165, 1.54) is 6.07 Å². The van der Waals surface area contributed by atoms with Crippen LogP contribution in [-0.2, 0) is 22.1 Å². The number of alkyl halides is 3. The normalized spacial score (nSPS) is 18.7. The van der Waals surface area contributed by atoms with Crippen LogP contribution in [0.25, 0.3) is 0 Å². The molecule has 1 amide bonds. The molecule has 1 atom stereocenters. The maximum Gasteiger partial charge on any atom is 0.416 e. The monoisotopic (exact) mass is 343 g/mol. The van der Waals surface area contributed by atoms with Gasteiger partial charge in [0.2, 0.25) is 5.91 Å². The quantitative estimate of drug-likeness (QED) is 0.784. The molecule has 0 spiro atoms. The van der Waals surface area contributed by atoms with E-state index in [-0.39, 0.29) is 11.8 Å². The Hall–Kier alpha value is -1.56. The molecule has 1 aromatic rings. The third kappa shape index (κ3) is 5.23. The van der Waals surface area contributed by atoms with E-state index in [1.54, 1.807) is 19.2 Å². The van der Waals surface area contributed by atoms with Crippen LogP contribution in [0.4, 0.5) is 13.2 Å². The maximum absolute atomic E-state index is 13.0. The Bertz CT molecular complexity index is 545. The van der Waals surface area contributed by atoms with Gasteiger partial charge in [0.1, 0.15) is 0 Å². The Balaban J connectivity index is 1.92. The molecular weight excluding hydrogens is 319 g/mol. The molecule has 1 aromatic carbocycles. The van der Waals surface area contributed by atoms with Gasteiger partial charge in [-0.3, -0.25) is 4.79 Å². The Morgan fingerprint density at radius 1 is 1.33 bits per heavy atom. The van der Waals surface area contributed by atoms with E-state index in [1.807, 2.05) is 4.90 Å². The van der Waals surface area contributed by atoms with Gasteiger partial charge in [0.25, 0.3) is 0 Å². The zero-order valence-electron chi connectivity index (χ0n) is 13.9. The summed E-state index contributed by atoms with van der Waals surface area (Å²) >= 11 is 0. The SMILES string of the molecule is COCCC(=O)N1CCC[C@@H](CCc2ccccc2C(F)(F)F)C1. The lowest BCUT2D eigenvalue weighted by molar-refractivity contribution is -0.138. The van der Waals surface area contributed by atoms with Crippen LogP contribution in [-0.4, -0.2) is 37.6 Å². The Labute approximate surface area is 140 Å². The Kier molecular flexibility index (Phi) is 6.66. The second kappa shape index (κ2) is 8.51. The number of amides is 1. The molecule has 0 saturated carbocycles. The first-order valence-electron chi connectivity index (χ1n) is 8.33. The first kappa shape index (κ1) is 18.8. The summed E-state index contributed by atoms with van der Waals surface area (Å²) in [6, 6.07) is 5.75. The van der Waals surface area contributed by atoms with Gasteiger partial charge in [0.05, 0.1) is 18.6 Å². The molecule has 1 aliphatic heterocycles. The number of hydrogen-bond acceptors (Lipinski definition) is 2. The number of aryl methyl sites for hydroxylation is 1. The summed E-state index contributed by atoms with van der Waals surface area (Å²) in [6.45, 7) is 1.77. The number of ether oxygens (including phenoxy) is 1. The van der Waals surface area contributed by atoms with Crippen molar-refractivity contribution in [3.8, 4) is 0 Å². The number of rotatable bonds is 6. The molecule has 1 fully saturated rings. The van der Waals surface area contributed by atoms with Gasteiger partial charge in [-0.05, 0) is 43.2 Å². The fourth-order valence-electron chi connectivity index (χ4n) is 3.25. The van der Waals surface area contributed by atoms with E-state index in [4.69, 9.17) is 4.74 Å². The molecule has 0 aliphatic carbocycles. The second-order valence-corrected chi connectivity index (χ2v) is 6.28. The standard InChI is InChI=1S/C18H24F3NO2/c1-24-12-10-17(23)22-11-4-5-14(13-22)8-9-15-6-2-3-7-16(15)18(19,20)21/h2-3,6-7,14H,4-5,8-13H2,1H3/t14-/m0/s1. The van der Waals surface area contributed by atoms with Crippen molar-refractivity contribution in [1.29, 1.82) is 0 Å². The Morgan fingerprint density at radius 3 is 2.79 bits per heavy atom. The van der Waals surface area contributed by atoms with Gasteiger partial charge in [0, 0.05) is 20.2 Å². The van der Waals surface area contributed by atoms with E-state index in [0.717, 1.165) is 25.5 Å². The minimum atomic E-state index is -4.31. The van der Waals surface area contributed by atoms with Crippen LogP contribution in [0, 0.1) is 5.92 Å². The average Bonchev–Trinajstić information content (AvgIpc) is 2.57. The summed E-state index contributed by atoms with van der Waals surface area (Å²) in [5, 5.41) is 0. The molecule has 0 unspecified atom stereocenters. The highest BCUT2D eigenvalue weighted by Gasteiger charge is 2.33. The van der Waals surface area contributed by atoms with Gasteiger partial charge in [-0.2, -0.15) is 13.2 Å². The van der Waals surface area contributed by atoms with Crippen molar-refractivity contribution in [2.75, 3.05) is 26.8 Å². The lowest BCUT2D eigenvalue weighted by Crippen LogP contribution is -2.40. The molecule has 1 heterocycles. The van der Waals surface area contributed by atoms with Gasteiger partial charge in [-0.1, -0.05) is 18.2 Å². The van der Waals surface area contributed by atoms with Crippen LogP contribution in [0.2, 0.25) is 0 Å². The molecule has 0 aromatic heterocycles. The molecule has 3 nitrogen and oxygen atoms in total. The van der Waals surface area contributed by atoms with Gasteiger partial charge in [-0.15, -0.1) is 0 Å². The van der Waals surface area contributed by atoms with Gasteiger partial charge >= 0.3 is 6.18 Å². The van der Waals surface area contributed by atoms with E-state index in [2.05, 4.69) is 0 Å². The molecule has 2 rings (SSSR count). The summed E-state index contributed by atoms with van der Waals surface area (Å²) in [5.41, 5.74) is -0.207. The topological polar surface area (TPSA) is 29.5 Å². The first-order valence-corrected chi connectivity index (χ1v) is 8.33. The fourth-order valence-corrected chi connectivity index (χ4v) is 3.25. The average molecular weight is 343 g/mol. The smallest absolute Gasteiger partial charge is 0.384 e. The molecule has 0 radical (unpaired) electrons. The van der Waals surface area contributed by atoms with Crippen LogP contribution in [0.15, 0.2) is 24.3 Å². The number of carbonyl (C=O) groups is 1. The van der Waals surface area contributed by atoms with Crippen molar-refractivity contribution in [2.24, 2.45) is 5.92 Å². The van der Waals surface area contributed by atoms with Crippen LogP contribution >= 0.6 is 0 Å². The molecule has 1 aliphatic rings. The number of piperidine rings is 1. The van der Waals surface area contributed by atoms with E-state index in [0.29, 0.717) is 38.0 Å². The minimum absolute atomic E-state index is 0.0669. The maximum atomic E-state index is 13.0. The van der Waals surface area contributed by atoms with E-state index in [9.17, 15) is 18.0 Å². The van der Waals surface area contributed by atoms with Gasteiger partial charge in [-0.25, -0.2) is 0 Å². The zero-order chi connectivity index (χ0) is 17.6. The fraction of sp³-hybridized carbons (Fsp3) is 0.611. The molecule has 134 valence electrons. The number of benzene rings is 1. The first-order chi connectivity index (χ1) is 11.4. The highest BCUT2D eigenvalue weighted by Crippen LogP contribution is 2.33. The number of hydrogen-bond donors (Lipinski definition) is 0. The summed E-state index contributed by atoms with van der Waals surface area (Å²) < 4.78 is 44.0. The van der Waals surface area contributed by atoms with Gasteiger partial charge < -0.3 is 9.64 Å². The molecule has 1 saturated heterocycles. The summed E-state index contributed by atoms with van der Waals surface area (Å²) in [5.74, 6) is 0.323. The number of carbonyl (C=O) groups excluding carboxylic acids is 1. The molecular formula is C18H24F3NO2. The highest BCUT2D eigenvalue weighted by atomic mass is 19.4. The van der Waals surface area contributed by atoms with Crippen molar-refractivity contribution in [2.45, 2.75) is 38.3 Å². The van der Waals surface area contributed by atoms with E-state index < -0.39 is 11.7 Å². The van der Waals surface area contributed by atoms with Crippen LogP contribution in [0.3, 0.4) is 0 Å². The molecule has 0 bridgehead atoms. The largest absolute Gasteiger partial charge is 0.416 e. The van der Waals surface area contributed by atoms with Crippen LogP contribution in [0.1, 0.15) is 36.8 Å². The molecule has 24 heavy (non-hydrogen) atoms. The van der Waals surface area contributed by atoms with Crippen molar-refractivity contribution in [3.05, 3.63) is 35.4 Å². The number of methoxy groups -OCH3 is 1. The lowest BCUT2D eigenvalue weighted by Gasteiger charge is -2.33. The number of nitrogens with zero attached hydrogens (tertiary/aromatic N) is 1. The lowest BCUT2D eigenvalue weighted by atomic mass is 9.90. The summed E-state index contributed by atoms with van der Waals surface area (Å²) in [6.07, 6.45) is -1.03. The van der Waals surface area contributed by atoms with Crippen LogP contribution in [0.5, 0.6) is 0 Å². The van der Waals surface area contributed by atoms with Gasteiger partial charge in [0.15, 0.2) is 0 Å². The minimum Gasteiger partial charge on any atom is -0.384 e. The number of halogens is 3. The third-order valence-corrected chi connectivity index (χ3v) is 4.54.